The summed E-state index contributed by atoms with van der Waals surface area (Å²) in [6.45, 7) is 7.37. The summed E-state index contributed by atoms with van der Waals surface area (Å²) in [5.41, 5.74) is 6.14. The SMILES string of the molecule is CC[n+]1c(-c2ccc(Cl)cc2)csc1Nc1cccc(C)c1C. The van der Waals surface area contributed by atoms with Gasteiger partial charge in [-0.2, -0.15) is 0 Å². The van der Waals surface area contributed by atoms with E-state index >= 15 is 0 Å². The fraction of sp³-hybridized carbons (Fsp3) is 0.211. The second kappa shape index (κ2) is 6.73. The van der Waals surface area contributed by atoms with Crippen molar-refractivity contribution < 1.29 is 4.57 Å². The number of nitrogens with zero attached hydrogens (tertiary/aromatic N) is 1. The summed E-state index contributed by atoms with van der Waals surface area (Å²) in [5.74, 6) is 0. The molecule has 0 unspecified atom stereocenters. The molecular formula is C19H20ClN2S+. The molecule has 0 aliphatic rings. The highest BCUT2D eigenvalue weighted by Gasteiger charge is 2.19. The van der Waals surface area contributed by atoms with Crippen LogP contribution in [0.2, 0.25) is 5.02 Å². The third-order valence-corrected chi connectivity index (χ3v) is 5.26. The smallest absolute Gasteiger partial charge is 0.231 e. The van der Waals surface area contributed by atoms with Crippen molar-refractivity contribution in [2.45, 2.75) is 27.3 Å². The van der Waals surface area contributed by atoms with Gasteiger partial charge >= 0.3 is 5.13 Å². The minimum Gasteiger partial charge on any atom is -0.231 e. The van der Waals surface area contributed by atoms with Gasteiger partial charge in [0.2, 0.25) is 0 Å². The molecule has 0 saturated heterocycles. The molecule has 0 amide bonds. The summed E-state index contributed by atoms with van der Waals surface area (Å²) in [7, 11) is 0. The molecule has 0 aliphatic heterocycles. The van der Waals surface area contributed by atoms with Gasteiger partial charge in [0.15, 0.2) is 0 Å². The van der Waals surface area contributed by atoms with Crippen LogP contribution in [0.25, 0.3) is 11.3 Å². The summed E-state index contributed by atoms with van der Waals surface area (Å²) in [5, 5.41) is 7.69. The van der Waals surface area contributed by atoms with E-state index in [-0.39, 0.29) is 0 Å². The first-order chi connectivity index (χ1) is 11.1. The largest absolute Gasteiger partial charge is 0.339 e. The van der Waals surface area contributed by atoms with Crippen LogP contribution in [0, 0.1) is 13.8 Å². The zero-order chi connectivity index (χ0) is 16.4. The molecule has 23 heavy (non-hydrogen) atoms. The number of rotatable bonds is 4. The third-order valence-electron chi connectivity index (χ3n) is 4.12. The number of thiazole rings is 1. The van der Waals surface area contributed by atoms with Crippen LogP contribution >= 0.6 is 22.9 Å². The topological polar surface area (TPSA) is 15.9 Å². The Labute approximate surface area is 146 Å². The lowest BCUT2D eigenvalue weighted by molar-refractivity contribution is -0.664. The van der Waals surface area contributed by atoms with Crippen molar-refractivity contribution in [1.29, 1.82) is 0 Å². The van der Waals surface area contributed by atoms with Crippen molar-refractivity contribution in [3.05, 3.63) is 64.0 Å². The highest BCUT2D eigenvalue weighted by molar-refractivity contribution is 7.13. The summed E-state index contributed by atoms with van der Waals surface area (Å²) in [6, 6.07) is 14.4. The zero-order valence-electron chi connectivity index (χ0n) is 13.6. The molecule has 0 fully saturated rings. The van der Waals surface area contributed by atoms with Gasteiger partial charge in [-0.15, -0.1) is 0 Å². The zero-order valence-corrected chi connectivity index (χ0v) is 15.1. The van der Waals surface area contributed by atoms with Gasteiger partial charge in [-0.3, -0.25) is 0 Å². The fourth-order valence-corrected chi connectivity index (χ4v) is 3.74. The highest BCUT2D eigenvalue weighted by Crippen LogP contribution is 2.28. The molecule has 0 spiro atoms. The van der Waals surface area contributed by atoms with E-state index in [1.165, 1.54) is 22.4 Å². The standard InChI is InChI=1S/C19H19ClN2S/c1-4-22-18(15-8-10-16(20)11-9-15)12-23-19(22)21-17-7-5-6-13(2)14(17)3/h5-12H,4H2,1-3H3/p+1. The van der Waals surface area contributed by atoms with Gasteiger partial charge in [0.25, 0.3) is 0 Å². The molecule has 1 N–H and O–H groups in total. The van der Waals surface area contributed by atoms with Gasteiger partial charge in [0.1, 0.15) is 11.4 Å². The van der Waals surface area contributed by atoms with Crippen molar-refractivity contribution in [3.63, 3.8) is 0 Å². The first kappa shape index (κ1) is 16.0. The van der Waals surface area contributed by atoms with Gasteiger partial charge < -0.3 is 0 Å². The van der Waals surface area contributed by atoms with Crippen LogP contribution in [0.5, 0.6) is 0 Å². The van der Waals surface area contributed by atoms with Gasteiger partial charge in [0.05, 0.1) is 6.54 Å². The Morgan fingerprint density at radius 1 is 1.09 bits per heavy atom. The number of hydrogen-bond donors (Lipinski definition) is 1. The van der Waals surface area contributed by atoms with Crippen molar-refractivity contribution >= 4 is 33.8 Å². The van der Waals surface area contributed by atoms with Crippen LogP contribution in [0.1, 0.15) is 18.1 Å². The molecule has 3 rings (SSSR count). The fourth-order valence-electron chi connectivity index (χ4n) is 2.61. The van der Waals surface area contributed by atoms with Crippen LogP contribution in [0.4, 0.5) is 10.8 Å². The van der Waals surface area contributed by atoms with Crippen LogP contribution in [0.15, 0.2) is 47.8 Å². The maximum atomic E-state index is 6.00. The van der Waals surface area contributed by atoms with E-state index in [0.29, 0.717) is 0 Å². The summed E-state index contributed by atoms with van der Waals surface area (Å²) < 4.78 is 2.30. The van der Waals surface area contributed by atoms with E-state index < -0.39 is 0 Å². The lowest BCUT2D eigenvalue weighted by Gasteiger charge is -2.07. The molecular weight excluding hydrogens is 324 g/mol. The first-order valence-electron chi connectivity index (χ1n) is 7.70. The monoisotopic (exact) mass is 343 g/mol. The number of hydrogen-bond acceptors (Lipinski definition) is 2. The Bertz CT molecular complexity index is 822. The minimum absolute atomic E-state index is 0.765. The Morgan fingerprint density at radius 3 is 2.52 bits per heavy atom. The van der Waals surface area contributed by atoms with Crippen LogP contribution in [-0.4, -0.2) is 0 Å². The van der Waals surface area contributed by atoms with Crippen molar-refractivity contribution in [2.24, 2.45) is 0 Å². The molecule has 3 aromatic rings. The Hall–Kier alpha value is -1.84. The van der Waals surface area contributed by atoms with Crippen LogP contribution in [0.3, 0.4) is 0 Å². The average Bonchev–Trinajstić information content (AvgIpc) is 2.95. The maximum absolute atomic E-state index is 6.00. The minimum atomic E-state index is 0.765. The van der Waals surface area contributed by atoms with Crippen molar-refractivity contribution in [2.75, 3.05) is 5.32 Å². The quantitative estimate of drug-likeness (QED) is 0.597. The van der Waals surface area contributed by atoms with E-state index in [1.807, 2.05) is 12.1 Å². The predicted molar refractivity (Wildman–Crippen MR) is 99.8 cm³/mol. The molecule has 0 aliphatic carbocycles. The van der Waals surface area contributed by atoms with Gasteiger partial charge in [-0.05, 0) is 62.2 Å². The van der Waals surface area contributed by atoms with Gasteiger partial charge in [-0.25, -0.2) is 9.88 Å². The van der Waals surface area contributed by atoms with Crippen molar-refractivity contribution in [1.82, 2.24) is 0 Å². The number of aryl methyl sites for hydroxylation is 1. The molecule has 0 radical (unpaired) electrons. The van der Waals surface area contributed by atoms with Gasteiger partial charge in [0, 0.05) is 16.0 Å². The summed E-state index contributed by atoms with van der Waals surface area (Å²) in [6.07, 6.45) is 0. The molecule has 1 heterocycles. The lowest BCUT2D eigenvalue weighted by Crippen LogP contribution is -2.35. The average molecular weight is 344 g/mol. The molecule has 118 valence electrons. The Kier molecular flexibility index (Phi) is 4.69. The lowest BCUT2D eigenvalue weighted by atomic mass is 10.1. The number of halogens is 1. The van der Waals surface area contributed by atoms with E-state index in [1.54, 1.807) is 11.3 Å². The van der Waals surface area contributed by atoms with E-state index in [4.69, 9.17) is 11.6 Å². The van der Waals surface area contributed by atoms with E-state index in [2.05, 4.69) is 66.4 Å². The normalized spacial score (nSPS) is 10.8. The molecule has 0 atom stereocenters. The summed E-state index contributed by atoms with van der Waals surface area (Å²) in [4.78, 5) is 0. The molecule has 0 bridgehead atoms. The second-order valence-corrected chi connectivity index (χ2v) is 6.84. The van der Waals surface area contributed by atoms with E-state index in [0.717, 1.165) is 22.4 Å². The first-order valence-corrected chi connectivity index (χ1v) is 8.96. The summed E-state index contributed by atoms with van der Waals surface area (Å²) >= 11 is 7.73. The van der Waals surface area contributed by atoms with E-state index in [9.17, 15) is 0 Å². The molecule has 1 aromatic heterocycles. The Morgan fingerprint density at radius 2 is 1.83 bits per heavy atom. The molecule has 4 heteroatoms. The number of nitrogens with one attached hydrogen (secondary N) is 1. The van der Waals surface area contributed by atoms with Gasteiger partial charge in [-0.1, -0.05) is 35.1 Å². The maximum Gasteiger partial charge on any atom is 0.339 e. The second-order valence-electron chi connectivity index (χ2n) is 5.55. The molecule has 2 nitrogen and oxygen atoms in total. The highest BCUT2D eigenvalue weighted by atomic mass is 35.5. The predicted octanol–water partition coefficient (Wildman–Crippen LogP) is 5.74. The number of aromatic nitrogens is 1. The Balaban J connectivity index is 1.98. The number of benzene rings is 2. The molecule has 2 aromatic carbocycles. The molecule has 0 saturated carbocycles. The third kappa shape index (κ3) is 3.26. The van der Waals surface area contributed by atoms with Crippen molar-refractivity contribution in [3.8, 4) is 11.3 Å². The van der Waals surface area contributed by atoms with Crippen LogP contribution < -0.4 is 9.88 Å². The number of anilines is 2. The van der Waals surface area contributed by atoms with Crippen LogP contribution in [-0.2, 0) is 6.54 Å².